The number of amides is 3. The normalized spacial score (nSPS) is 27.2. The molecule has 0 unspecified atom stereocenters. The van der Waals surface area contributed by atoms with Crippen LogP contribution in [-0.4, -0.2) is 17.7 Å². The topological polar surface area (TPSA) is 66.5 Å². The van der Waals surface area contributed by atoms with E-state index in [1.165, 1.54) is 10.5 Å². The molecule has 5 nitrogen and oxygen atoms in total. The number of hydrogen-bond acceptors (Lipinski definition) is 3. The molecule has 6 rings (SSSR count). The largest absolute Gasteiger partial charge is 0.322 e. The van der Waals surface area contributed by atoms with Crippen LogP contribution in [0, 0.1) is 23.7 Å². The summed E-state index contributed by atoms with van der Waals surface area (Å²) in [6.45, 7) is 0. The molecule has 1 saturated heterocycles. The minimum Gasteiger partial charge on any atom is -0.322 e. The Bertz CT molecular complexity index is 1290. The van der Waals surface area contributed by atoms with Crippen molar-refractivity contribution in [3.05, 3.63) is 95.0 Å². The van der Waals surface area contributed by atoms with Crippen molar-refractivity contribution < 1.29 is 14.4 Å². The van der Waals surface area contributed by atoms with Gasteiger partial charge in [0, 0.05) is 16.3 Å². The molecule has 170 valence electrons. The van der Waals surface area contributed by atoms with Gasteiger partial charge in [0.15, 0.2) is 0 Å². The number of imide groups is 1. The van der Waals surface area contributed by atoms with E-state index in [-0.39, 0.29) is 41.4 Å². The van der Waals surface area contributed by atoms with Crippen molar-refractivity contribution in [3.63, 3.8) is 0 Å². The van der Waals surface area contributed by atoms with E-state index >= 15 is 0 Å². The third kappa shape index (κ3) is 3.34. The van der Waals surface area contributed by atoms with Crippen LogP contribution in [0.3, 0.4) is 0 Å². The predicted octanol–water partition coefficient (Wildman–Crippen LogP) is 5.52. The van der Waals surface area contributed by atoms with E-state index in [0.29, 0.717) is 27.9 Å². The van der Waals surface area contributed by atoms with Gasteiger partial charge in [-0.1, -0.05) is 48.0 Å². The van der Waals surface area contributed by atoms with Gasteiger partial charge in [0.1, 0.15) is 0 Å². The highest BCUT2D eigenvalue weighted by molar-refractivity contribution is 6.30. The Morgan fingerprint density at radius 3 is 2.35 bits per heavy atom. The van der Waals surface area contributed by atoms with Gasteiger partial charge >= 0.3 is 0 Å². The molecule has 6 heteroatoms. The molecule has 5 atom stereocenters. The molecule has 0 radical (unpaired) electrons. The molecule has 1 N–H and O–H groups in total. The van der Waals surface area contributed by atoms with Gasteiger partial charge in [-0.05, 0) is 78.6 Å². The number of carbonyl (C=O) groups is 3. The molecule has 0 aromatic heterocycles. The fraction of sp³-hybridized carbons (Fsp3) is 0.250. The molecule has 3 amide bonds. The number of rotatable bonds is 4. The Morgan fingerprint density at radius 1 is 0.853 bits per heavy atom. The zero-order chi connectivity index (χ0) is 23.4. The van der Waals surface area contributed by atoms with E-state index in [1.54, 1.807) is 48.5 Å². The predicted molar refractivity (Wildman–Crippen MR) is 131 cm³/mol. The van der Waals surface area contributed by atoms with Gasteiger partial charge in [-0.3, -0.25) is 19.3 Å². The first-order chi connectivity index (χ1) is 16.5. The van der Waals surface area contributed by atoms with Crippen LogP contribution in [0.15, 0.2) is 78.9 Å². The maximum absolute atomic E-state index is 13.6. The third-order valence-corrected chi connectivity index (χ3v) is 7.96. The molecule has 2 saturated carbocycles. The average Bonchev–Trinajstić information content (AvgIpc) is 3.52. The highest BCUT2D eigenvalue weighted by Gasteiger charge is 2.64. The number of fused-ring (bicyclic) bond motifs is 5. The summed E-state index contributed by atoms with van der Waals surface area (Å²) in [6, 6.07) is 23.9. The summed E-state index contributed by atoms with van der Waals surface area (Å²) >= 11 is 5.91. The first-order valence-electron chi connectivity index (χ1n) is 11.6. The maximum Gasteiger partial charge on any atom is 0.255 e. The Hall–Kier alpha value is -3.44. The zero-order valence-electron chi connectivity index (χ0n) is 18.4. The Morgan fingerprint density at radius 2 is 1.59 bits per heavy atom. The van der Waals surface area contributed by atoms with E-state index in [0.717, 1.165) is 12.8 Å². The van der Waals surface area contributed by atoms with Crippen molar-refractivity contribution in [2.45, 2.75) is 18.8 Å². The highest BCUT2D eigenvalue weighted by atomic mass is 35.5. The number of anilines is 2. The monoisotopic (exact) mass is 470 g/mol. The summed E-state index contributed by atoms with van der Waals surface area (Å²) in [5.74, 6) is -0.337. The molecule has 2 aliphatic carbocycles. The Balaban J connectivity index is 1.25. The first kappa shape index (κ1) is 21.1. The lowest BCUT2D eigenvalue weighted by atomic mass is 9.73. The summed E-state index contributed by atoms with van der Waals surface area (Å²) in [4.78, 5) is 41.1. The van der Waals surface area contributed by atoms with Crippen molar-refractivity contribution in [2.75, 3.05) is 10.2 Å². The molecule has 34 heavy (non-hydrogen) atoms. The lowest BCUT2D eigenvalue weighted by Crippen LogP contribution is -2.33. The van der Waals surface area contributed by atoms with Crippen LogP contribution in [0.25, 0.3) is 0 Å². The number of benzene rings is 3. The lowest BCUT2D eigenvalue weighted by molar-refractivity contribution is -0.123. The van der Waals surface area contributed by atoms with Crippen molar-refractivity contribution in [2.24, 2.45) is 23.7 Å². The van der Waals surface area contributed by atoms with Crippen molar-refractivity contribution in [3.8, 4) is 0 Å². The third-order valence-electron chi connectivity index (χ3n) is 7.71. The summed E-state index contributed by atoms with van der Waals surface area (Å²) < 4.78 is 0. The molecule has 1 heterocycles. The maximum atomic E-state index is 13.6. The fourth-order valence-corrected chi connectivity index (χ4v) is 6.45. The second kappa shape index (κ2) is 8.10. The fourth-order valence-electron chi connectivity index (χ4n) is 6.32. The number of carbonyl (C=O) groups excluding carboxylic acids is 3. The number of nitrogens with zero attached hydrogens (tertiary/aromatic N) is 1. The summed E-state index contributed by atoms with van der Waals surface area (Å²) in [5, 5.41) is 3.41. The van der Waals surface area contributed by atoms with Gasteiger partial charge in [0.2, 0.25) is 11.8 Å². The molecule has 1 aliphatic heterocycles. The SMILES string of the molecule is O=C(Nc1ccc(Cl)cc1)c1cccc(N2C(=O)[C@@H]3[C@H]4C[C@@H]([C@@H]3C2=O)[C@H](c2ccccc2)C4)c1. The second-order valence-electron chi connectivity index (χ2n) is 9.49. The van der Waals surface area contributed by atoms with Gasteiger partial charge in [-0.2, -0.15) is 0 Å². The van der Waals surface area contributed by atoms with Gasteiger partial charge < -0.3 is 5.32 Å². The van der Waals surface area contributed by atoms with E-state index in [4.69, 9.17) is 11.6 Å². The summed E-state index contributed by atoms with van der Waals surface area (Å²) in [6.07, 6.45) is 1.88. The average molecular weight is 471 g/mol. The second-order valence-corrected chi connectivity index (χ2v) is 9.92. The van der Waals surface area contributed by atoms with Crippen LogP contribution in [0.2, 0.25) is 5.02 Å². The highest BCUT2D eigenvalue weighted by Crippen LogP contribution is 2.61. The Kier molecular flexibility index (Phi) is 5.03. The first-order valence-corrected chi connectivity index (χ1v) is 12.0. The van der Waals surface area contributed by atoms with E-state index in [1.807, 2.05) is 18.2 Å². The van der Waals surface area contributed by atoms with Crippen LogP contribution in [0.4, 0.5) is 11.4 Å². The minimum absolute atomic E-state index is 0.121. The van der Waals surface area contributed by atoms with Crippen LogP contribution in [-0.2, 0) is 9.59 Å². The molecule has 3 aliphatic rings. The van der Waals surface area contributed by atoms with Crippen molar-refractivity contribution in [1.29, 1.82) is 0 Å². The van der Waals surface area contributed by atoms with Gasteiger partial charge in [-0.15, -0.1) is 0 Å². The molecule has 3 aromatic rings. The van der Waals surface area contributed by atoms with Gasteiger partial charge in [-0.25, -0.2) is 0 Å². The number of hydrogen-bond donors (Lipinski definition) is 1. The quantitative estimate of drug-likeness (QED) is 0.510. The van der Waals surface area contributed by atoms with E-state index in [9.17, 15) is 14.4 Å². The summed E-state index contributed by atoms with van der Waals surface area (Å²) in [5.41, 5.74) is 2.72. The van der Waals surface area contributed by atoms with Crippen LogP contribution in [0.1, 0.15) is 34.7 Å². The summed E-state index contributed by atoms with van der Waals surface area (Å²) in [7, 11) is 0. The molecular formula is C28H23ClN2O3. The molecule has 3 fully saturated rings. The van der Waals surface area contributed by atoms with Crippen molar-refractivity contribution >= 4 is 40.7 Å². The number of halogens is 1. The molecule has 0 spiro atoms. The van der Waals surface area contributed by atoms with Crippen molar-refractivity contribution in [1.82, 2.24) is 0 Å². The van der Waals surface area contributed by atoms with Gasteiger partial charge in [0.25, 0.3) is 5.91 Å². The van der Waals surface area contributed by atoms with Gasteiger partial charge in [0.05, 0.1) is 17.5 Å². The zero-order valence-corrected chi connectivity index (χ0v) is 19.1. The standard InChI is InChI=1S/C28H23ClN2O3/c29-19-9-11-20(12-10-19)30-26(32)17-7-4-8-21(13-17)31-27(33)24-18-14-22(16-5-2-1-3-6-16)23(15-18)25(24)28(31)34/h1-13,18,22-25H,14-15H2,(H,30,32)/t18-,22+,23-,24-,25+/m1/s1. The van der Waals surface area contributed by atoms with Crippen LogP contribution < -0.4 is 10.2 Å². The molecular weight excluding hydrogens is 448 g/mol. The smallest absolute Gasteiger partial charge is 0.255 e. The van der Waals surface area contributed by atoms with Crippen LogP contribution >= 0.6 is 11.6 Å². The lowest BCUT2D eigenvalue weighted by Gasteiger charge is -2.28. The van der Waals surface area contributed by atoms with E-state index < -0.39 is 0 Å². The van der Waals surface area contributed by atoms with Crippen LogP contribution in [0.5, 0.6) is 0 Å². The Labute approximate surface area is 202 Å². The minimum atomic E-state index is -0.312. The molecule has 3 aromatic carbocycles. The van der Waals surface area contributed by atoms with E-state index in [2.05, 4.69) is 17.4 Å². The number of nitrogens with one attached hydrogen (secondary N) is 1. The molecule has 2 bridgehead atoms.